The molecule has 0 atom stereocenters. The van der Waals surface area contributed by atoms with Gasteiger partial charge >= 0.3 is 6.09 Å². The third-order valence-electron chi connectivity index (χ3n) is 2.00. The van der Waals surface area contributed by atoms with E-state index >= 15 is 0 Å². The fraction of sp³-hybridized carbons (Fsp3) is 0. The van der Waals surface area contributed by atoms with Gasteiger partial charge < -0.3 is 9.94 Å². The summed E-state index contributed by atoms with van der Waals surface area (Å²) in [6.07, 6.45) is -1.22. The van der Waals surface area contributed by atoms with Crippen LogP contribution in [0.5, 0.6) is 5.75 Å². The van der Waals surface area contributed by atoms with Crippen molar-refractivity contribution < 1.29 is 14.7 Å². The number of amides is 1. The summed E-state index contributed by atoms with van der Waals surface area (Å²) in [5.74, 6) is 0.496. The van der Waals surface area contributed by atoms with Crippen molar-refractivity contribution in [1.29, 1.82) is 0 Å². The van der Waals surface area contributed by atoms with E-state index in [1.165, 1.54) is 0 Å². The van der Waals surface area contributed by atoms with Gasteiger partial charge in [-0.15, -0.1) is 0 Å². The second-order valence-electron chi connectivity index (χ2n) is 2.99. The molecule has 0 aliphatic rings. The van der Waals surface area contributed by atoms with Gasteiger partial charge in [0.05, 0.1) is 0 Å². The second kappa shape index (κ2) is 3.88. The lowest BCUT2D eigenvalue weighted by Crippen LogP contribution is -2.24. The first kappa shape index (κ1) is 9.33. The normalized spacial score (nSPS) is 9.87. The van der Waals surface area contributed by atoms with E-state index in [1.54, 1.807) is 12.1 Å². The number of hydroxylamine groups is 1. The van der Waals surface area contributed by atoms with Crippen molar-refractivity contribution >= 4 is 16.9 Å². The molecular formula is C11H9NO3. The van der Waals surface area contributed by atoms with Crippen molar-refractivity contribution in [3.63, 3.8) is 0 Å². The number of carboxylic acid groups (broad SMARTS) is 1. The topological polar surface area (TPSA) is 58.6 Å². The summed E-state index contributed by atoms with van der Waals surface area (Å²) in [4.78, 5) is 15.2. The minimum absolute atomic E-state index is 0.496. The highest BCUT2D eigenvalue weighted by Gasteiger charge is 2.02. The van der Waals surface area contributed by atoms with E-state index in [0.717, 1.165) is 10.8 Å². The summed E-state index contributed by atoms with van der Waals surface area (Å²) in [7, 11) is 0. The van der Waals surface area contributed by atoms with Crippen LogP contribution >= 0.6 is 0 Å². The lowest BCUT2D eigenvalue weighted by molar-refractivity contribution is 0.137. The lowest BCUT2D eigenvalue weighted by Gasteiger charge is -2.06. The third kappa shape index (κ3) is 1.99. The molecule has 2 rings (SSSR count). The second-order valence-corrected chi connectivity index (χ2v) is 2.99. The molecule has 2 aromatic rings. The number of hydrogen-bond acceptors (Lipinski definition) is 2. The monoisotopic (exact) mass is 203 g/mol. The van der Waals surface area contributed by atoms with Crippen molar-refractivity contribution in [2.45, 2.75) is 0 Å². The van der Waals surface area contributed by atoms with E-state index in [9.17, 15) is 4.79 Å². The maximum Gasteiger partial charge on any atom is 0.438 e. The molecule has 0 saturated carbocycles. The Bertz CT molecular complexity index is 491. The Morgan fingerprint density at radius 3 is 2.67 bits per heavy atom. The fourth-order valence-electron chi connectivity index (χ4n) is 1.38. The first-order chi connectivity index (χ1) is 7.27. The maximum atomic E-state index is 10.3. The molecule has 0 heterocycles. The van der Waals surface area contributed by atoms with Crippen LogP contribution in [0, 0.1) is 0 Å². The zero-order valence-electron chi connectivity index (χ0n) is 7.81. The zero-order valence-corrected chi connectivity index (χ0v) is 7.81. The fourth-order valence-corrected chi connectivity index (χ4v) is 1.38. The van der Waals surface area contributed by atoms with Crippen LogP contribution in [0.15, 0.2) is 42.5 Å². The molecule has 4 heteroatoms. The number of rotatable bonds is 2. The molecule has 0 saturated heterocycles. The van der Waals surface area contributed by atoms with E-state index in [4.69, 9.17) is 9.94 Å². The van der Waals surface area contributed by atoms with Crippen LogP contribution in [0.3, 0.4) is 0 Å². The molecule has 4 nitrogen and oxygen atoms in total. The van der Waals surface area contributed by atoms with Gasteiger partial charge in [0.2, 0.25) is 0 Å². The molecule has 15 heavy (non-hydrogen) atoms. The quantitative estimate of drug-likeness (QED) is 0.737. The van der Waals surface area contributed by atoms with Crippen molar-refractivity contribution in [2.24, 2.45) is 0 Å². The molecule has 0 bridgehead atoms. The van der Waals surface area contributed by atoms with Crippen LogP contribution in [0.4, 0.5) is 4.79 Å². The van der Waals surface area contributed by atoms with Crippen LogP contribution in [0.25, 0.3) is 10.8 Å². The summed E-state index contributed by atoms with van der Waals surface area (Å²) < 4.78 is 0. The highest BCUT2D eigenvalue weighted by atomic mass is 16.7. The van der Waals surface area contributed by atoms with Crippen molar-refractivity contribution in [3.8, 4) is 5.75 Å². The molecular weight excluding hydrogens is 194 g/mol. The Morgan fingerprint density at radius 2 is 1.87 bits per heavy atom. The van der Waals surface area contributed by atoms with Crippen LogP contribution in [0.2, 0.25) is 0 Å². The van der Waals surface area contributed by atoms with Gasteiger partial charge in [-0.1, -0.05) is 36.4 Å². The predicted molar refractivity (Wildman–Crippen MR) is 55.7 cm³/mol. The van der Waals surface area contributed by atoms with Crippen LogP contribution < -0.4 is 10.3 Å². The van der Waals surface area contributed by atoms with E-state index in [0.29, 0.717) is 5.75 Å². The molecule has 0 aliphatic carbocycles. The van der Waals surface area contributed by atoms with Gasteiger partial charge in [0.15, 0.2) is 5.75 Å². The average Bonchev–Trinajstić information content (AvgIpc) is 2.26. The van der Waals surface area contributed by atoms with Gasteiger partial charge in [-0.25, -0.2) is 4.79 Å². The molecule has 0 spiro atoms. The van der Waals surface area contributed by atoms with Gasteiger partial charge in [-0.3, -0.25) is 0 Å². The molecule has 0 aromatic heterocycles. The molecule has 2 N–H and O–H groups in total. The smallest absolute Gasteiger partial charge is 0.438 e. The molecule has 0 unspecified atom stereocenters. The first-order valence-corrected chi connectivity index (χ1v) is 4.41. The van der Waals surface area contributed by atoms with E-state index in [-0.39, 0.29) is 0 Å². The highest BCUT2D eigenvalue weighted by molar-refractivity contribution is 5.88. The summed E-state index contributed by atoms with van der Waals surface area (Å²) >= 11 is 0. The summed E-state index contributed by atoms with van der Waals surface area (Å²) in [5.41, 5.74) is 1.87. The Labute approximate surface area is 86.1 Å². The average molecular weight is 203 g/mol. The number of fused-ring (bicyclic) bond motifs is 1. The zero-order chi connectivity index (χ0) is 10.7. The molecule has 0 aliphatic heterocycles. The molecule has 0 fully saturated rings. The molecule has 2 aromatic carbocycles. The lowest BCUT2D eigenvalue weighted by atomic mass is 10.1. The highest BCUT2D eigenvalue weighted by Crippen LogP contribution is 2.24. The summed E-state index contributed by atoms with van der Waals surface area (Å²) in [5, 5.41) is 10.3. The first-order valence-electron chi connectivity index (χ1n) is 4.41. The Hall–Kier alpha value is -2.23. The molecule has 0 radical (unpaired) electrons. The number of hydrogen-bond donors (Lipinski definition) is 2. The Balaban J connectivity index is 2.38. The predicted octanol–water partition coefficient (Wildman–Crippen LogP) is 2.40. The van der Waals surface area contributed by atoms with Crippen LogP contribution in [0.1, 0.15) is 0 Å². The number of benzene rings is 2. The minimum Gasteiger partial charge on any atom is -0.463 e. The Morgan fingerprint density at radius 1 is 1.13 bits per heavy atom. The minimum atomic E-state index is -1.22. The van der Waals surface area contributed by atoms with E-state index < -0.39 is 6.09 Å². The largest absolute Gasteiger partial charge is 0.463 e. The van der Waals surface area contributed by atoms with Gasteiger partial charge in [-0.2, -0.15) is 5.48 Å². The van der Waals surface area contributed by atoms with E-state index in [1.807, 2.05) is 35.8 Å². The van der Waals surface area contributed by atoms with Crippen molar-refractivity contribution in [2.75, 3.05) is 0 Å². The summed E-state index contributed by atoms with van der Waals surface area (Å²) in [6.45, 7) is 0. The standard InChI is InChI=1S/C11H9NO3/c13-11(14)12-15-10-7-3-5-8-4-1-2-6-9(8)10/h1-7,12H,(H,13,14). The van der Waals surface area contributed by atoms with Gasteiger partial charge in [0.25, 0.3) is 0 Å². The van der Waals surface area contributed by atoms with Crippen molar-refractivity contribution in [1.82, 2.24) is 5.48 Å². The van der Waals surface area contributed by atoms with Gasteiger partial charge in [0.1, 0.15) is 0 Å². The van der Waals surface area contributed by atoms with E-state index in [2.05, 4.69) is 0 Å². The Kier molecular flexibility index (Phi) is 2.41. The van der Waals surface area contributed by atoms with Gasteiger partial charge in [0, 0.05) is 5.39 Å². The van der Waals surface area contributed by atoms with Crippen molar-refractivity contribution in [3.05, 3.63) is 42.5 Å². The SMILES string of the molecule is O=C(O)NOc1cccc2ccccc12. The number of carbonyl (C=O) groups is 1. The third-order valence-corrected chi connectivity index (χ3v) is 2.00. The molecule has 1 amide bonds. The van der Waals surface area contributed by atoms with Gasteiger partial charge in [-0.05, 0) is 11.5 Å². The number of nitrogens with one attached hydrogen (secondary N) is 1. The molecule has 76 valence electrons. The maximum absolute atomic E-state index is 10.3. The van der Waals surface area contributed by atoms with Crippen LogP contribution in [-0.4, -0.2) is 11.2 Å². The van der Waals surface area contributed by atoms with Crippen LogP contribution in [-0.2, 0) is 0 Å². The summed E-state index contributed by atoms with van der Waals surface area (Å²) in [6, 6.07) is 13.0.